The summed E-state index contributed by atoms with van der Waals surface area (Å²) < 4.78 is 0. The van der Waals surface area contributed by atoms with E-state index in [4.69, 9.17) is 0 Å². The van der Waals surface area contributed by atoms with Crippen LogP contribution in [0.4, 0.5) is 0 Å². The average Bonchev–Trinajstić information content (AvgIpc) is 2.07. The van der Waals surface area contributed by atoms with Gasteiger partial charge in [0.05, 0.1) is 0 Å². The molecular weight excluding hydrogens is 132 g/mol. The maximum absolute atomic E-state index is 3.81. The number of benzene rings is 1. The van der Waals surface area contributed by atoms with Gasteiger partial charge in [-0.05, 0) is 24.5 Å². The molecule has 0 aliphatic heterocycles. The van der Waals surface area contributed by atoms with Crippen molar-refractivity contribution < 1.29 is 0 Å². The van der Waals surface area contributed by atoms with Gasteiger partial charge in [-0.1, -0.05) is 44.0 Å². The Kier molecular flexibility index (Phi) is 3.74. The standard InChI is InChI=1S/C11H14/c1-2-3-5-8-11-9-6-4-7-10-11/h4,6-7,9H,1-3,5,8H2. The maximum atomic E-state index is 3.81. The molecule has 0 heteroatoms. The van der Waals surface area contributed by atoms with Gasteiger partial charge in [0.25, 0.3) is 0 Å². The van der Waals surface area contributed by atoms with Crippen LogP contribution in [0.15, 0.2) is 24.3 Å². The molecule has 58 valence electrons. The predicted molar refractivity (Wildman–Crippen MR) is 48.2 cm³/mol. The zero-order valence-electron chi connectivity index (χ0n) is 6.84. The molecule has 0 fully saturated rings. The van der Waals surface area contributed by atoms with Crippen LogP contribution in [0.25, 0.3) is 0 Å². The van der Waals surface area contributed by atoms with Gasteiger partial charge < -0.3 is 0 Å². The minimum atomic E-state index is 1.05. The summed E-state index contributed by atoms with van der Waals surface area (Å²) in [5, 5.41) is 0. The van der Waals surface area contributed by atoms with Crippen LogP contribution in [-0.2, 0) is 6.42 Å². The molecule has 0 spiro atoms. The van der Waals surface area contributed by atoms with Gasteiger partial charge in [-0.15, -0.1) is 0 Å². The lowest BCUT2D eigenvalue weighted by atomic mass is 10.1. The van der Waals surface area contributed by atoms with Crippen molar-refractivity contribution in [3.63, 3.8) is 0 Å². The van der Waals surface area contributed by atoms with E-state index >= 15 is 0 Å². The Morgan fingerprint density at radius 1 is 1.27 bits per heavy atom. The minimum absolute atomic E-state index is 1.05. The Morgan fingerprint density at radius 3 is 2.82 bits per heavy atom. The average molecular weight is 146 g/mol. The summed E-state index contributed by atoms with van der Waals surface area (Å²) in [6, 6.07) is 11.4. The Morgan fingerprint density at radius 2 is 2.18 bits per heavy atom. The van der Waals surface area contributed by atoms with E-state index in [9.17, 15) is 0 Å². The molecule has 0 heterocycles. The second kappa shape index (κ2) is 4.95. The molecule has 0 N–H and O–H groups in total. The van der Waals surface area contributed by atoms with Crippen LogP contribution in [0.2, 0.25) is 0 Å². The first-order valence-corrected chi connectivity index (χ1v) is 4.18. The summed E-state index contributed by atoms with van der Waals surface area (Å²) in [5.41, 5.74) is 1.32. The molecule has 1 rings (SSSR count). The zero-order valence-corrected chi connectivity index (χ0v) is 6.84. The lowest BCUT2D eigenvalue weighted by Gasteiger charge is -1.97. The molecule has 1 aromatic carbocycles. The van der Waals surface area contributed by atoms with Gasteiger partial charge in [0.15, 0.2) is 0 Å². The number of unbranched alkanes of at least 4 members (excludes halogenated alkanes) is 2. The van der Waals surface area contributed by atoms with Gasteiger partial charge in [-0.25, -0.2) is 0 Å². The van der Waals surface area contributed by atoms with Crippen LogP contribution >= 0.6 is 0 Å². The van der Waals surface area contributed by atoms with Crippen molar-refractivity contribution in [3.8, 4) is 0 Å². The van der Waals surface area contributed by atoms with Gasteiger partial charge in [0.1, 0.15) is 0 Å². The quantitative estimate of drug-likeness (QED) is 0.573. The van der Waals surface area contributed by atoms with Gasteiger partial charge in [0, 0.05) is 0 Å². The fourth-order valence-electron chi connectivity index (χ4n) is 1.08. The first kappa shape index (κ1) is 8.32. The molecule has 11 heavy (non-hydrogen) atoms. The van der Waals surface area contributed by atoms with Crippen LogP contribution < -0.4 is 0 Å². The van der Waals surface area contributed by atoms with Crippen LogP contribution in [0.1, 0.15) is 24.8 Å². The normalized spacial score (nSPS) is 9.91. The molecule has 0 amide bonds. The second-order valence-corrected chi connectivity index (χ2v) is 2.70. The summed E-state index contributed by atoms with van der Waals surface area (Å²) in [6.07, 6.45) is 4.66. The minimum Gasteiger partial charge on any atom is -0.0620 e. The highest BCUT2D eigenvalue weighted by molar-refractivity contribution is 5.12. The Hall–Kier alpha value is -0.780. The van der Waals surface area contributed by atoms with E-state index in [1.54, 1.807) is 0 Å². The van der Waals surface area contributed by atoms with Crippen LogP contribution in [0.3, 0.4) is 0 Å². The SMILES string of the molecule is [CH2]CCCCc1[c]cccc1. The Bertz CT molecular complexity index is 176. The molecule has 0 aliphatic rings. The van der Waals surface area contributed by atoms with Crippen LogP contribution in [0.5, 0.6) is 0 Å². The third kappa shape index (κ3) is 3.22. The lowest BCUT2D eigenvalue weighted by molar-refractivity contribution is 0.745. The summed E-state index contributed by atoms with van der Waals surface area (Å²) in [7, 11) is 0. The van der Waals surface area contributed by atoms with Crippen molar-refractivity contribution in [2.24, 2.45) is 0 Å². The molecule has 0 aliphatic carbocycles. The van der Waals surface area contributed by atoms with E-state index < -0.39 is 0 Å². The van der Waals surface area contributed by atoms with Crippen molar-refractivity contribution in [1.29, 1.82) is 0 Å². The van der Waals surface area contributed by atoms with Crippen molar-refractivity contribution in [1.82, 2.24) is 0 Å². The molecule has 0 unspecified atom stereocenters. The number of hydrogen-bond donors (Lipinski definition) is 0. The predicted octanol–water partition coefficient (Wildman–Crippen LogP) is 3.03. The van der Waals surface area contributed by atoms with Crippen molar-refractivity contribution >= 4 is 0 Å². The highest BCUT2D eigenvalue weighted by atomic mass is 13.9. The van der Waals surface area contributed by atoms with E-state index in [0.717, 1.165) is 12.8 Å². The first-order valence-electron chi connectivity index (χ1n) is 4.18. The summed E-state index contributed by atoms with van der Waals surface area (Å²) >= 11 is 0. The van der Waals surface area contributed by atoms with Crippen LogP contribution in [-0.4, -0.2) is 0 Å². The molecule has 0 atom stereocenters. The monoisotopic (exact) mass is 146 g/mol. The largest absolute Gasteiger partial charge is 0.0620 e. The highest BCUT2D eigenvalue weighted by Gasteiger charge is 1.89. The van der Waals surface area contributed by atoms with Gasteiger partial charge >= 0.3 is 0 Å². The molecule has 0 nitrogen and oxygen atoms in total. The topological polar surface area (TPSA) is 0 Å². The fourth-order valence-corrected chi connectivity index (χ4v) is 1.08. The molecule has 0 aromatic heterocycles. The third-order valence-corrected chi connectivity index (χ3v) is 1.72. The van der Waals surface area contributed by atoms with E-state index in [2.05, 4.69) is 25.1 Å². The zero-order chi connectivity index (χ0) is 7.94. The summed E-state index contributed by atoms with van der Waals surface area (Å²) in [4.78, 5) is 0. The Labute approximate surface area is 69.3 Å². The van der Waals surface area contributed by atoms with Crippen molar-refractivity contribution in [2.45, 2.75) is 25.7 Å². The number of rotatable bonds is 4. The second-order valence-electron chi connectivity index (χ2n) is 2.70. The molecular formula is C11H14. The van der Waals surface area contributed by atoms with Gasteiger partial charge in [-0.2, -0.15) is 0 Å². The van der Waals surface area contributed by atoms with E-state index in [1.807, 2.05) is 12.1 Å². The van der Waals surface area contributed by atoms with E-state index in [0.29, 0.717) is 0 Å². The van der Waals surface area contributed by atoms with E-state index in [-0.39, 0.29) is 0 Å². The smallest absolute Gasteiger partial charge is 0.0149 e. The third-order valence-electron chi connectivity index (χ3n) is 1.72. The van der Waals surface area contributed by atoms with Crippen molar-refractivity contribution in [3.05, 3.63) is 42.8 Å². The van der Waals surface area contributed by atoms with Gasteiger partial charge in [0.2, 0.25) is 0 Å². The molecule has 0 saturated heterocycles. The molecule has 2 radical (unpaired) electrons. The molecule has 0 saturated carbocycles. The first-order chi connectivity index (χ1) is 5.43. The van der Waals surface area contributed by atoms with E-state index in [1.165, 1.54) is 18.4 Å². The number of hydrogen-bond acceptors (Lipinski definition) is 0. The summed E-state index contributed by atoms with van der Waals surface area (Å²) in [5.74, 6) is 0. The fraction of sp³-hybridized carbons (Fsp3) is 0.364. The Balaban J connectivity index is 2.28. The molecule has 0 bridgehead atoms. The van der Waals surface area contributed by atoms with Crippen molar-refractivity contribution in [2.75, 3.05) is 0 Å². The number of aryl methyl sites for hydroxylation is 1. The highest BCUT2D eigenvalue weighted by Crippen LogP contribution is 2.04. The lowest BCUT2D eigenvalue weighted by Crippen LogP contribution is -1.83. The maximum Gasteiger partial charge on any atom is -0.0149 e. The van der Waals surface area contributed by atoms with Gasteiger partial charge in [-0.3, -0.25) is 0 Å². The summed E-state index contributed by atoms with van der Waals surface area (Å²) in [6.45, 7) is 3.81. The van der Waals surface area contributed by atoms with Crippen LogP contribution in [0, 0.1) is 13.0 Å². The molecule has 1 aromatic rings.